The second-order valence-electron chi connectivity index (χ2n) is 6.09. The first kappa shape index (κ1) is 29.6. The van der Waals surface area contributed by atoms with Crippen LogP contribution < -0.4 is 10.2 Å². The number of esters is 2. The molecule has 2 aromatic rings. The van der Waals surface area contributed by atoms with E-state index < -0.39 is 36.7 Å². The summed E-state index contributed by atoms with van der Waals surface area (Å²) in [6.45, 7) is 0.113. The Bertz CT molecular complexity index is 846. The van der Waals surface area contributed by atoms with Crippen molar-refractivity contribution in [2.45, 2.75) is 12.8 Å². The summed E-state index contributed by atoms with van der Waals surface area (Å²) < 4.78 is 9.26. The summed E-state index contributed by atoms with van der Waals surface area (Å²) in [5.74, 6) is -4.45. The maximum atomic E-state index is 10.8. The van der Waals surface area contributed by atoms with E-state index in [2.05, 4.69) is 9.47 Å². The van der Waals surface area contributed by atoms with E-state index in [0.29, 0.717) is 0 Å². The molecular weight excluding hydrogens is 441 g/mol. The van der Waals surface area contributed by atoms with Crippen LogP contribution in [0.3, 0.4) is 0 Å². The van der Waals surface area contributed by atoms with E-state index in [9.17, 15) is 29.4 Å². The van der Waals surface area contributed by atoms with Gasteiger partial charge < -0.3 is 29.3 Å². The van der Waals surface area contributed by atoms with Crippen molar-refractivity contribution < 1.29 is 38.9 Å². The van der Waals surface area contributed by atoms with Crippen molar-refractivity contribution in [3.63, 3.8) is 0 Å². The van der Waals surface area contributed by atoms with Gasteiger partial charge in [0.25, 0.3) is 0 Å². The standard InChI is InChI=1S/2C12H12O4.Mg/c2*13-11(14)9-12(15)16-8-4-7-10-5-2-1-3-6-10;/h2*1-7H,8-9H2,(H,13,14);/q;;+2/p-2. The molecule has 0 spiro atoms. The molecule has 2 rings (SSSR count). The SMILES string of the molecule is O=C([O-])CC(=O)OCC=Cc1ccccc1.O=C([O-])CC(=O)OCC=Cc1ccccc1.[Mg+2]. The first-order valence-electron chi connectivity index (χ1n) is 9.51. The van der Waals surface area contributed by atoms with E-state index in [4.69, 9.17) is 0 Å². The number of aliphatic carboxylic acids is 2. The molecule has 0 amide bonds. The Morgan fingerprint density at radius 3 is 1.27 bits per heavy atom. The molecule has 9 heteroatoms. The third-order valence-corrected chi connectivity index (χ3v) is 3.48. The van der Waals surface area contributed by atoms with Gasteiger partial charge in [0.05, 0.1) is 24.8 Å². The van der Waals surface area contributed by atoms with Crippen molar-refractivity contribution in [3.8, 4) is 0 Å². The van der Waals surface area contributed by atoms with Crippen LogP contribution in [0.15, 0.2) is 72.8 Å². The predicted octanol–water partition coefficient (Wildman–Crippen LogP) is 0.385. The van der Waals surface area contributed by atoms with Crippen LogP contribution in [0, 0.1) is 0 Å². The first-order chi connectivity index (χ1) is 15.4. The molecule has 0 aliphatic rings. The van der Waals surface area contributed by atoms with Crippen LogP contribution >= 0.6 is 0 Å². The summed E-state index contributed by atoms with van der Waals surface area (Å²) >= 11 is 0. The van der Waals surface area contributed by atoms with E-state index in [0.717, 1.165) is 11.1 Å². The molecule has 0 aliphatic carbocycles. The zero-order valence-corrected chi connectivity index (χ0v) is 19.3. The average Bonchev–Trinajstić information content (AvgIpc) is 2.75. The van der Waals surface area contributed by atoms with Gasteiger partial charge in [-0.3, -0.25) is 9.59 Å². The maximum Gasteiger partial charge on any atom is 2.00 e. The summed E-state index contributed by atoms with van der Waals surface area (Å²) in [7, 11) is 0. The van der Waals surface area contributed by atoms with Crippen LogP contribution in [0.25, 0.3) is 12.2 Å². The normalized spacial score (nSPS) is 9.94. The Labute approximate surface area is 207 Å². The van der Waals surface area contributed by atoms with E-state index in [1.165, 1.54) is 0 Å². The molecule has 168 valence electrons. The average molecular weight is 463 g/mol. The third kappa shape index (κ3) is 16.9. The molecule has 0 N–H and O–H groups in total. The van der Waals surface area contributed by atoms with Gasteiger partial charge in [0.1, 0.15) is 13.2 Å². The second kappa shape index (κ2) is 18.2. The number of hydrogen-bond donors (Lipinski definition) is 0. The van der Waals surface area contributed by atoms with Crippen LogP contribution in [0.4, 0.5) is 0 Å². The van der Waals surface area contributed by atoms with Crippen molar-refractivity contribution in [1.29, 1.82) is 0 Å². The van der Waals surface area contributed by atoms with Gasteiger partial charge in [-0.05, 0) is 23.3 Å². The van der Waals surface area contributed by atoms with Crippen molar-refractivity contribution in [2.24, 2.45) is 0 Å². The Kier molecular flexibility index (Phi) is 16.3. The van der Waals surface area contributed by atoms with Crippen LogP contribution in [0.2, 0.25) is 0 Å². The number of carboxylic acid groups (broad SMARTS) is 2. The Balaban J connectivity index is 0.000000602. The van der Waals surface area contributed by atoms with Gasteiger partial charge in [-0.15, -0.1) is 0 Å². The number of benzene rings is 2. The van der Waals surface area contributed by atoms with Gasteiger partial charge in [-0.2, -0.15) is 0 Å². The molecular formula is C24H22MgO8. The second-order valence-corrected chi connectivity index (χ2v) is 6.09. The van der Waals surface area contributed by atoms with Gasteiger partial charge in [0, 0.05) is 0 Å². The van der Waals surface area contributed by atoms with Crippen molar-refractivity contribution >= 4 is 59.1 Å². The maximum absolute atomic E-state index is 10.8. The molecule has 0 saturated carbocycles. The van der Waals surface area contributed by atoms with Crippen LogP contribution in [0.5, 0.6) is 0 Å². The van der Waals surface area contributed by atoms with Crippen molar-refractivity contribution in [2.75, 3.05) is 13.2 Å². The molecule has 0 bridgehead atoms. The zero-order valence-electron chi connectivity index (χ0n) is 17.9. The van der Waals surface area contributed by atoms with Gasteiger partial charge in [-0.25, -0.2) is 0 Å². The largest absolute Gasteiger partial charge is 2.00 e. The molecule has 0 radical (unpaired) electrons. The fourth-order valence-corrected chi connectivity index (χ4v) is 2.12. The van der Waals surface area contributed by atoms with E-state index in [-0.39, 0.29) is 36.3 Å². The van der Waals surface area contributed by atoms with Gasteiger partial charge >= 0.3 is 35.0 Å². The van der Waals surface area contributed by atoms with Crippen LogP contribution in [-0.2, 0) is 28.7 Å². The molecule has 33 heavy (non-hydrogen) atoms. The molecule has 0 fully saturated rings. The summed E-state index contributed by atoms with van der Waals surface area (Å²) in [5.41, 5.74) is 1.97. The Morgan fingerprint density at radius 2 is 0.970 bits per heavy atom. The molecule has 0 atom stereocenters. The summed E-state index contributed by atoms with van der Waals surface area (Å²) in [6, 6.07) is 19.0. The quantitative estimate of drug-likeness (QED) is 0.281. The molecule has 2 aromatic carbocycles. The summed E-state index contributed by atoms with van der Waals surface area (Å²) in [6.07, 6.45) is 5.43. The molecule has 0 aromatic heterocycles. The molecule has 8 nitrogen and oxygen atoms in total. The topological polar surface area (TPSA) is 133 Å². The monoisotopic (exact) mass is 462 g/mol. The third-order valence-electron chi connectivity index (χ3n) is 3.48. The number of rotatable bonds is 10. The van der Waals surface area contributed by atoms with Gasteiger partial charge in [0.15, 0.2) is 0 Å². The van der Waals surface area contributed by atoms with Gasteiger partial charge in [0.2, 0.25) is 0 Å². The van der Waals surface area contributed by atoms with Gasteiger partial charge in [-0.1, -0.05) is 72.8 Å². The number of carbonyl (C=O) groups excluding carboxylic acids is 4. The first-order valence-corrected chi connectivity index (χ1v) is 9.51. The number of ether oxygens (including phenoxy) is 2. The fraction of sp³-hybridized carbons (Fsp3) is 0.167. The summed E-state index contributed by atoms with van der Waals surface area (Å²) in [4.78, 5) is 41.6. The van der Waals surface area contributed by atoms with E-state index in [1.807, 2.05) is 60.7 Å². The number of hydrogen-bond acceptors (Lipinski definition) is 8. The molecule has 0 unspecified atom stereocenters. The molecule has 0 aliphatic heterocycles. The minimum atomic E-state index is -1.43. The predicted molar refractivity (Wildman–Crippen MR) is 118 cm³/mol. The van der Waals surface area contributed by atoms with Crippen molar-refractivity contribution in [3.05, 3.63) is 83.9 Å². The number of carboxylic acids is 2. The molecule has 0 saturated heterocycles. The van der Waals surface area contributed by atoms with Crippen LogP contribution in [-0.4, -0.2) is 60.1 Å². The molecule has 0 heterocycles. The smallest absolute Gasteiger partial charge is 0.550 e. The Morgan fingerprint density at radius 1 is 0.636 bits per heavy atom. The Hall–Kier alpha value is -3.43. The zero-order chi connectivity index (χ0) is 23.6. The van der Waals surface area contributed by atoms with Crippen molar-refractivity contribution in [1.82, 2.24) is 0 Å². The van der Waals surface area contributed by atoms with E-state index >= 15 is 0 Å². The van der Waals surface area contributed by atoms with E-state index in [1.54, 1.807) is 24.3 Å². The summed E-state index contributed by atoms with van der Waals surface area (Å²) in [5, 5.41) is 20.1. The fourth-order valence-electron chi connectivity index (χ4n) is 2.12. The number of carbonyl (C=O) groups is 4. The minimum absolute atomic E-state index is 0. The van der Waals surface area contributed by atoms with Crippen LogP contribution in [0.1, 0.15) is 24.0 Å². The minimum Gasteiger partial charge on any atom is -0.550 e.